The van der Waals surface area contributed by atoms with Crippen molar-refractivity contribution in [3.05, 3.63) is 79.1 Å². The van der Waals surface area contributed by atoms with Gasteiger partial charge in [-0.25, -0.2) is 0 Å². The highest BCUT2D eigenvalue weighted by atomic mass is 35.5. The first-order valence-corrected chi connectivity index (χ1v) is 10.7. The number of nitrogens with zero attached hydrogens (tertiary/aromatic N) is 1. The molecule has 0 saturated heterocycles. The Hall–Kier alpha value is -1.66. The van der Waals surface area contributed by atoms with E-state index < -0.39 is 0 Å². The van der Waals surface area contributed by atoms with Crippen LogP contribution in [0.25, 0.3) is 0 Å². The molecule has 1 aliphatic heterocycles. The third-order valence-corrected chi connectivity index (χ3v) is 6.80. The number of carbonyl (C=O) groups is 1. The van der Waals surface area contributed by atoms with Crippen LogP contribution in [0.2, 0.25) is 5.02 Å². The monoisotopic (exact) mass is 402 g/mol. The molecule has 1 N–H and O–H groups in total. The molecule has 0 aliphatic carbocycles. The van der Waals surface area contributed by atoms with Crippen molar-refractivity contribution in [1.29, 1.82) is 0 Å². The summed E-state index contributed by atoms with van der Waals surface area (Å²) in [5.74, 6) is 0.0557. The third-order valence-electron chi connectivity index (χ3n) is 4.63. The fraction of sp³-hybridized carbons (Fsp3) is 0.250. The number of amides is 1. The van der Waals surface area contributed by atoms with Gasteiger partial charge in [0.15, 0.2) is 0 Å². The Kier molecular flexibility index (Phi) is 5.41. The van der Waals surface area contributed by atoms with Crippen molar-refractivity contribution in [1.82, 2.24) is 10.2 Å². The fourth-order valence-corrected chi connectivity index (χ4v) is 5.27. The van der Waals surface area contributed by atoms with E-state index in [0.29, 0.717) is 18.1 Å². The Morgan fingerprint density at radius 3 is 2.77 bits per heavy atom. The van der Waals surface area contributed by atoms with Gasteiger partial charge in [-0.15, -0.1) is 22.7 Å². The molecule has 1 amide bonds. The van der Waals surface area contributed by atoms with Gasteiger partial charge in [0.1, 0.15) is 0 Å². The Morgan fingerprint density at radius 1 is 1.15 bits per heavy atom. The van der Waals surface area contributed by atoms with Crippen molar-refractivity contribution < 1.29 is 4.79 Å². The number of thiophene rings is 2. The maximum atomic E-state index is 12.5. The van der Waals surface area contributed by atoms with Crippen molar-refractivity contribution in [2.75, 3.05) is 13.1 Å². The maximum Gasteiger partial charge on any atom is 0.234 e. The lowest BCUT2D eigenvalue weighted by molar-refractivity contribution is -0.122. The molecule has 3 aromatic rings. The van der Waals surface area contributed by atoms with Crippen LogP contribution in [0.5, 0.6) is 0 Å². The van der Waals surface area contributed by atoms with E-state index in [1.807, 2.05) is 35.6 Å². The van der Waals surface area contributed by atoms with Gasteiger partial charge >= 0.3 is 0 Å². The van der Waals surface area contributed by atoms with Gasteiger partial charge in [0.25, 0.3) is 0 Å². The Bertz CT molecular complexity index is 874. The lowest BCUT2D eigenvalue weighted by Crippen LogP contribution is -2.42. The van der Waals surface area contributed by atoms with Crippen LogP contribution in [0.3, 0.4) is 0 Å². The number of fused-ring (bicyclic) bond motifs is 1. The summed E-state index contributed by atoms with van der Waals surface area (Å²) in [6, 6.07) is 14.2. The van der Waals surface area contributed by atoms with Crippen molar-refractivity contribution in [2.45, 2.75) is 19.0 Å². The van der Waals surface area contributed by atoms with Crippen LogP contribution >= 0.6 is 34.3 Å². The highest BCUT2D eigenvalue weighted by Crippen LogP contribution is 2.39. The van der Waals surface area contributed by atoms with Gasteiger partial charge < -0.3 is 5.32 Å². The van der Waals surface area contributed by atoms with E-state index in [-0.39, 0.29) is 11.9 Å². The van der Waals surface area contributed by atoms with Gasteiger partial charge in [0.2, 0.25) is 5.91 Å². The van der Waals surface area contributed by atoms with Crippen LogP contribution < -0.4 is 5.32 Å². The molecule has 2 aromatic heterocycles. The second-order valence-electron chi connectivity index (χ2n) is 6.34. The summed E-state index contributed by atoms with van der Waals surface area (Å²) < 4.78 is 0. The zero-order valence-corrected chi connectivity index (χ0v) is 16.5. The standard InChI is InChI=1S/C20H19ClN2OS2/c21-15-5-3-14(4-6-15)12-22-19(24)13-23-9-7-17-16(8-11-26-17)20(23)18-2-1-10-25-18/h1-6,8,10-11,20H,7,9,12-13H2,(H,22,24)/t20-/m0/s1. The van der Waals surface area contributed by atoms with E-state index in [2.05, 4.69) is 39.2 Å². The number of hydrogen-bond donors (Lipinski definition) is 1. The molecule has 4 rings (SSSR count). The van der Waals surface area contributed by atoms with Crippen LogP contribution in [0, 0.1) is 0 Å². The predicted octanol–water partition coefficient (Wildman–Crippen LogP) is 4.73. The zero-order valence-electron chi connectivity index (χ0n) is 14.2. The average Bonchev–Trinajstić information content (AvgIpc) is 3.33. The van der Waals surface area contributed by atoms with Gasteiger partial charge in [-0.05, 0) is 52.6 Å². The molecular weight excluding hydrogens is 384 g/mol. The summed E-state index contributed by atoms with van der Waals surface area (Å²) >= 11 is 9.49. The van der Waals surface area contributed by atoms with E-state index in [9.17, 15) is 4.79 Å². The van der Waals surface area contributed by atoms with E-state index in [4.69, 9.17) is 11.6 Å². The van der Waals surface area contributed by atoms with Gasteiger partial charge in [-0.2, -0.15) is 0 Å². The van der Waals surface area contributed by atoms with Crippen molar-refractivity contribution in [3.63, 3.8) is 0 Å². The second kappa shape index (κ2) is 7.92. The number of nitrogens with one attached hydrogen (secondary N) is 1. The Morgan fingerprint density at radius 2 is 2.00 bits per heavy atom. The summed E-state index contributed by atoms with van der Waals surface area (Å²) in [5.41, 5.74) is 2.41. The van der Waals surface area contributed by atoms with Crippen molar-refractivity contribution >= 4 is 40.2 Å². The molecule has 3 heterocycles. The zero-order chi connectivity index (χ0) is 17.9. The van der Waals surface area contributed by atoms with Crippen molar-refractivity contribution in [3.8, 4) is 0 Å². The molecule has 0 spiro atoms. The topological polar surface area (TPSA) is 32.3 Å². The Labute approximate surface area is 166 Å². The largest absolute Gasteiger partial charge is 0.351 e. The molecule has 26 heavy (non-hydrogen) atoms. The van der Waals surface area contributed by atoms with E-state index in [0.717, 1.165) is 18.5 Å². The number of benzene rings is 1. The quantitative estimate of drug-likeness (QED) is 0.669. The minimum absolute atomic E-state index is 0.0557. The van der Waals surface area contributed by atoms with Gasteiger partial charge in [0.05, 0.1) is 12.6 Å². The number of hydrogen-bond acceptors (Lipinski definition) is 4. The first-order valence-electron chi connectivity index (χ1n) is 8.55. The molecule has 1 aromatic carbocycles. The fourth-order valence-electron chi connectivity index (χ4n) is 3.36. The molecule has 0 unspecified atom stereocenters. The van der Waals surface area contributed by atoms with Crippen LogP contribution in [-0.4, -0.2) is 23.9 Å². The molecule has 0 fully saturated rings. The lowest BCUT2D eigenvalue weighted by atomic mass is 9.98. The highest BCUT2D eigenvalue weighted by molar-refractivity contribution is 7.10. The van der Waals surface area contributed by atoms with E-state index in [1.165, 1.54) is 15.3 Å². The third kappa shape index (κ3) is 3.86. The average molecular weight is 403 g/mol. The number of halogens is 1. The molecule has 1 atom stereocenters. The Balaban J connectivity index is 1.44. The maximum absolute atomic E-state index is 12.5. The molecule has 0 bridgehead atoms. The van der Waals surface area contributed by atoms with E-state index >= 15 is 0 Å². The molecule has 3 nitrogen and oxygen atoms in total. The first-order chi connectivity index (χ1) is 12.7. The summed E-state index contributed by atoms with van der Waals surface area (Å²) in [7, 11) is 0. The SMILES string of the molecule is O=C(CN1CCc2sccc2[C@H]1c1cccs1)NCc1ccc(Cl)cc1. The molecule has 1 aliphatic rings. The molecule has 6 heteroatoms. The van der Waals surface area contributed by atoms with Crippen LogP contribution in [-0.2, 0) is 17.8 Å². The summed E-state index contributed by atoms with van der Waals surface area (Å²) in [6.45, 7) is 1.84. The van der Waals surface area contributed by atoms with Gasteiger partial charge in [-0.1, -0.05) is 29.8 Å². The van der Waals surface area contributed by atoms with Crippen molar-refractivity contribution in [2.24, 2.45) is 0 Å². The van der Waals surface area contributed by atoms with Crippen LogP contribution in [0.15, 0.2) is 53.2 Å². The summed E-state index contributed by atoms with van der Waals surface area (Å²) in [5, 5.41) is 8.01. The molecule has 0 saturated carbocycles. The minimum Gasteiger partial charge on any atom is -0.351 e. The molecule has 0 radical (unpaired) electrons. The predicted molar refractivity (Wildman–Crippen MR) is 109 cm³/mol. The van der Waals surface area contributed by atoms with Gasteiger partial charge in [-0.3, -0.25) is 9.69 Å². The lowest BCUT2D eigenvalue weighted by Gasteiger charge is -2.34. The van der Waals surface area contributed by atoms with Crippen LogP contribution in [0.1, 0.15) is 26.9 Å². The number of rotatable bonds is 5. The van der Waals surface area contributed by atoms with Crippen LogP contribution in [0.4, 0.5) is 0 Å². The highest BCUT2D eigenvalue weighted by Gasteiger charge is 2.31. The minimum atomic E-state index is 0.0557. The first kappa shape index (κ1) is 17.7. The smallest absolute Gasteiger partial charge is 0.234 e. The normalized spacial score (nSPS) is 17.0. The summed E-state index contributed by atoms with van der Waals surface area (Å²) in [4.78, 5) is 17.6. The van der Waals surface area contributed by atoms with E-state index in [1.54, 1.807) is 11.3 Å². The van der Waals surface area contributed by atoms with Gasteiger partial charge in [0, 0.05) is 27.9 Å². The summed E-state index contributed by atoms with van der Waals surface area (Å²) in [6.07, 6.45) is 1.01. The molecular formula is C20H19ClN2OS2. The second-order valence-corrected chi connectivity index (χ2v) is 8.76. The molecule has 134 valence electrons. The number of carbonyl (C=O) groups excluding carboxylic acids is 1.